The molecule has 0 heterocycles. The van der Waals surface area contributed by atoms with Crippen LogP contribution in [0.15, 0.2) is 0 Å². The zero-order valence-electron chi connectivity index (χ0n) is 12.2. The first-order chi connectivity index (χ1) is 9.54. The fourth-order valence-electron chi connectivity index (χ4n) is 2.68. The van der Waals surface area contributed by atoms with Crippen LogP contribution in [0.3, 0.4) is 0 Å². The summed E-state index contributed by atoms with van der Waals surface area (Å²) in [7, 11) is 1.51. The topological polar surface area (TPSA) is 102 Å². The van der Waals surface area contributed by atoms with Crippen molar-refractivity contribution in [1.29, 1.82) is 0 Å². The second kappa shape index (κ2) is 8.21. The number of nitrogens with one attached hydrogen (secondary N) is 1. The van der Waals surface area contributed by atoms with Gasteiger partial charge < -0.3 is 20.9 Å². The predicted molar refractivity (Wildman–Crippen MR) is 75.2 cm³/mol. The Bertz CT molecular complexity index is 321. The number of nitrogens with two attached hydrogens (primary N) is 1. The van der Waals surface area contributed by atoms with Gasteiger partial charge in [-0.05, 0) is 12.8 Å². The smallest absolute Gasteiger partial charge is 0.311 e. The molecule has 1 saturated carbocycles. The number of amides is 1. The molecule has 4 N–H and O–H groups in total. The Morgan fingerprint density at radius 3 is 2.35 bits per heavy atom. The first-order valence-electron chi connectivity index (χ1n) is 7.27. The van der Waals surface area contributed by atoms with Crippen molar-refractivity contribution in [3.05, 3.63) is 0 Å². The molecule has 0 bridgehead atoms. The summed E-state index contributed by atoms with van der Waals surface area (Å²) in [5.74, 6) is -1.01. The second-order valence-corrected chi connectivity index (χ2v) is 5.57. The molecule has 0 aromatic rings. The Balaban J connectivity index is 2.54. The monoisotopic (exact) mass is 286 g/mol. The van der Waals surface area contributed by atoms with Gasteiger partial charge in [-0.15, -0.1) is 0 Å². The molecule has 6 heteroatoms. The van der Waals surface area contributed by atoms with Crippen molar-refractivity contribution in [2.45, 2.75) is 51.0 Å². The van der Waals surface area contributed by atoms with E-state index < -0.39 is 11.4 Å². The van der Waals surface area contributed by atoms with E-state index in [1.165, 1.54) is 7.11 Å². The van der Waals surface area contributed by atoms with Crippen molar-refractivity contribution in [2.75, 3.05) is 20.2 Å². The normalized spacial score (nSPS) is 19.9. The number of carbonyl (C=O) groups excluding carboxylic acids is 1. The molecule has 1 rings (SSSR count). The Kier molecular flexibility index (Phi) is 6.95. The summed E-state index contributed by atoms with van der Waals surface area (Å²) in [6, 6.07) is 0. The van der Waals surface area contributed by atoms with E-state index >= 15 is 0 Å². The lowest BCUT2D eigenvalue weighted by molar-refractivity contribution is -0.149. The van der Waals surface area contributed by atoms with E-state index in [1.54, 1.807) is 0 Å². The number of ether oxygens (including phenoxy) is 1. The number of methoxy groups -OCH3 is 1. The zero-order chi connectivity index (χ0) is 15.0. The van der Waals surface area contributed by atoms with Crippen LogP contribution in [0.5, 0.6) is 0 Å². The molecule has 1 atom stereocenters. The largest absolute Gasteiger partial charge is 0.481 e. The Morgan fingerprint density at radius 2 is 1.90 bits per heavy atom. The summed E-state index contributed by atoms with van der Waals surface area (Å²) >= 11 is 0. The van der Waals surface area contributed by atoms with Crippen LogP contribution < -0.4 is 11.1 Å². The van der Waals surface area contributed by atoms with Crippen LogP contribution >= 0.6 is 0 Å². The van der Waals surface area contributed by atoms with E-state index in [9.17, 15) is 14.7 Å². The van der Waals surface area contributed by atoms with Gasteiger partial charge in [0, 0.05) is 20.2 Å². The minimum absolute atomic E-state index is 0.169. The highest BCUT2D eigenvalue weighted by atomic mass is 16.5. The molecule has 0 aromatic heterocycles. The standard InChI is InChI=1S/C14H26N2O4/c1-20-11(9-15)8-12(17)16-10-14(13(18)19)6-4-2-3-5-7-14/h11H,2-10,15H2,1H3,(H,16,17)(H,18,19). The third kappa shape index (κ3) is 4.76. The van der Waals surface area contributed by atoms with Crippen molar-refractivity contribution in [1.82, 2.24) is 5.32 Å². The summed E-state index contributed by atoms with van der Waals surface area (Å²) in [6.45, 7) is 0.468. The summed E-state index contributed by atoms with van der Waals surface area (Å²) in [5.41, 5.74) is 4.66. The number of hydrogen-bond acceptors (Lipinski definition) is 4. The van der Waals surface area contributed by atoms with E-state index in [1.807, 2.05) is 0 Å². The molecule has 1 aliphatic rings. The fraction of sp³-hybridized carbons (Fsp3) is 0.857. The molecule has 1 amide bonds. The van der Waals surface area contributed by atoms with Crippen molar-refractivity contribution < 1.29 is 19.4 Å². The average molecular weight is 286 g/mol. The summed E-state index contributed by atoms with van der Waals surface area (Å²) < 4.78 is 5.05. The Labute approximate surface area is 120 Å². The van der Waals surface area contributed by atoms with Gasteiger partial charge in [-0.25, -0.2) is 0 Å². The van der Waals surface area contributed by atoms with Gasteiger partial charge in [-0.3, -0.25) is 9.59 Å². The van der Waals surface area contributed by atoms with E-state index in [2.05, 4.69) is 5.32 Å². The molecule has 1 unspecified atom stereocenters. The summed E-state index contributed by atoms with van der Waals surface area (Å²) in [5, 5.41) is 12.3. The first-order valence-corrected chi connectivity index (χ1v) is 7.27. The van der Waals surface area contributed by atoms with Crippen LogP contribution in [0.1, 0.15) is 44.9 Å². The molecule has 0 radical (unpaired) electrons. The fourth-order valence-corrected chi connectivity index (χ4v) is 2.68. The van der Waals surface area contributed by atoms with Crippen LogP contribution in [-0.2, 0) is 14.3 Å². The predicted octanol–water partition coefficient (Wildman–Crippen LogP) is 0.892. The van der Waals surface area contributed by atoms with Crippen LogP contribution in [0, 0.1) is 5.41 Å². The molecule has 0 spiro atoms. The lowest BCUT2D eigenvalue weighted by Gasteiger charge is -2.28. The van der Waals surface area contributed by atoms with Gasteiger partial charge in [-0.1, -0.05) is 25.7 Å². The van der Waals surface area contributed by atoms with Crippen molar-refractivity contribution in [3.8, 4) is 0 Å². The maximum absolute atomic E-state index is 11.8. The Hall–Kier alpha value is -1.14. The third-order valence-electron chi connectivity index (χ3n) is 4.15. The van der Waals surface area contributed by atoms with Crippen LogP contribution in [0.25, 0.3) is 0 Å². The van der Waals surface area contributed by atoms with Crippen LogP contribution in [-0.4, -0.2) is 43.3 Å². The van der Waals surface area contributed by atoms with Crippen LogP contribution in [0.4, 0.5) is 0 Å². The molecular formula is C14H26N2O4. The minimum atomic E-state index is -0.808. The average Bonchev–Trinajstić information content (AvgIpc) is 2.69. The molecule has 0 aromatic carbocycles. The van der Waals surface area contributed by atoms with Gasteiger partial charge in [0.2, 0.25) is 5.91 Å². The van der Waals surface area contributed by atoms with Gasteiger partial charge in [0.1, 0.15) is 0 Å². The number of hydrogen-bond donors (Lipinski definition) is 3. The van der Waals surface area contributed by atoms with Crippen LogP contribution in [0.2, 0.25) is 0 Å². The third-order valence-corrected chi connectivity index (χ3v) is 4.15. The van der Waals surface area contributed by atoms with E-state index in [4.69, 9.17) is 10.5 Å². The number of aliphatic carboxylic acids is 1. The molecule has 0 aliphatic heterocycles. The van der Waals surface area contributed by atoms with E-state index in [-0.39, 0.29) is 31.5 Å². The van der Waals surface area contributed by atoms with Crippen molar-refractivity contribution >= 4 is 11.9 Å². The van der Waals surface area contributed by atoms with Gasteiger partial charge in [-0.2, -0.15) is 0 Å². The van der Waals surface area contributed by atoms with Gasteiger partial charge >= 0.3 is 5.97 Å². The molecule has 6 nitrogen and oxygen atoms in total. The lowest BCUT2D eigenvalue weighted by atomic mass is 9.80. The number of rotatable bonds is 7. The molecule has 1 fully saturated rings. The first kappa shape index (κ1) is 16.9. The van der Waals surface area contributed by atoms with E-state index in [0.717, 1.165) is 25.7 Å². The highest BCUT2D eigenvalue weighted by Gasteiger charge is 2.38. The van der Waals surface area contributed by atoms with Gasteiger partial charge in [0.25, 0.3) is 0 Å². The molecule has 116 valence electrons. The highest BCUT2D eigenvalue weighted by Crippen LogP contribution is 2.34. The SMILES string of the molecule is COC(CN)CC(=O)NCC1(C(=O)O)CCCCCC1. The maximum atomic E-state index is 11.8. The van der Waals surface area contributed by atoms with E-state index in [0.29, 0.717) is 12.8 Å². The summed E-state index contributed by atoms with van der Waals surface area (Å²) in [4.78, 5) is 23.4. The molecule has 0 saturated heterocycles. The number of carboxylic acid groups (broad SMARTS) is 1. The summed E-state index contributed by atoms with van der Waals surface area (Å²) in [6.07, 6.45) is 5.08. The second-order valence-electron chi connectivity index (χ2n) is 5.57. The molecular weight excluding hydrogens is 260 g/mol. The maximum Gasteiger partial charge on any atom is 0.311 e. The highest BCUT2D eigenvalue weighted by molar-refractivity contribution is 5.79. The van der Waals surface area contributed by atoms with Crippen molar-refractivity contribution in [3.63, 3.8) is 0 Å². The minimum Gasteiger partial charge on any atom is -0.481 e. The van der Waals surface area contributed by atoms with Gasteiger partial charge in [0.15, 0.2) is 0 Å². The molecule has 20 heavy (non-hydrogen) atoms. The zero-order valence-corrected chi connectivity index (χ0v) is 12.2. The van der Waals surface area contributed by atoms with Gasteiger partial charge in [0.05, 0.1) is 17.9 Å². The molecule has 1 aliphatic carbocycles. The number of carbonyl (C=O) groups is 2. The number of carboxylic acids is 1. The Morgan fingerprint density at radius 1 is 1.30 bits per heavy atom. The lowest BCUT2D eigenvalue weighted by Crippen LogP contribution is -2.44. The van der Waals surface area contributed by atoms with Crippen molar-refractivity contribution in [2.24, 2.45) is 11.1 Å². The quantitative estimate of drug-likeness (QED) is 0.603.